The molecule has 0 unspecified atom stereocenters. The molecule has 6 atom stereocenters. The van der Waals surface area contributed by atoms with Crippen LogP contribution in [0.25, 0.3) is 0 Å². The van der Waals surface area contributed by atoms with Gasteiger partial charge in [-0.15, -0.1) is 13.2 Å². The Hall–Kier alpha value is -3.78. The van der Waals surface area contributed by atoms with E-state index in [-0.39, 0.29) is 22.7 Å². The van der Waals surface area contributed by atoms with E-state index in [1.54, 1.807) is 0 Å². The van der Waals surface area contributed by atoms with E-state index >= 15 is 0 Å². The zero-order chi connectivity index (χ0) is 27.5. The molecule has 2 aromatic carbocycles. The number of benzene rings is 2. The van der Waals surface area contributed by atoms with Gasteiger partial charge < -0.3 is 0 Å². The molecule has 2 spiro atoms. The summed E-state index contributed by atoms with van der Waals surface area (Å²) >= 11 is 0. The van der Waals surface area contributed by atoms with E-state index in [0.717, 1.165) is 38.5 Å². The summed E-state index contributed by atoms with van der Waals surface area (Å²) in [5, 5.41) is 0. The highest BCUT2D eigenvalue weighted by molar-refractivity contribution is 6.00. The fourth-order valence-corrected chi connectivity index (χ4v) is 8.76. The highest BCUT2D eigenvalue weighted by Gasteiger charge is 2.55. The van der Waals surface area contributed by atoms with Crippen LogP contribution in [0.3, 0.4) is 0 Å². The molecule has 200 valence electrons. The lowest BCUT2D eigenvalue weighted by Crippen LogP contribution is -2.41. The first-order valence-electron chi connectivity index (χ1n) is 14.8. The molecule has 0 heterocycles. The van der Waals surface area contributed by atoms with Crippen LogP contribution in [0.5, 0.6) is 0 Å². The van der Waals surface area contributed by atoms with Gasteiger partial charge in [0.15, 0.2) is 11.6 Å². The lowest BCUT2D eigenvalue weighted by molar-refractivity contribution is -0.119. The van der Waals surface area contributed by atoms with Gasteiger partial charge in [0.05, 0.1) is 0 Å². The fraction of sp³-hybridized carbons (Fsp3) is 0.316. The van der Waals surface area contributed by atoms with Crippen LogP contribution in [0.2, 0.25) is 0 Å². The van der Waals surface area contributed by atoms with Crippen molar-refractivity contribution in [2.24, 2.45) is 11.8 Å². The zero-order valence-corrected chi connectivity index (χ0v) is 23.0. The van der Waals surface area contributed by atoms with E-state index in [2.05, 4.69) is 86.0 Å². The van der Waals surface area contributed by atoms with E-state index < -0.39 is 0 Å². The van der Waals surface area contributed by atoms with Crippen molar-refractivity contribution < 1.29 is 9.59 Å². The van der Waals surface area contributed by atoms with Gasteiger partial charge >= 0.3 is 0 Å². The molecular weight excluding hydrogens is 488 g/mol. The van der Waals surface area contributed by atoms with Gasteiger partial charge in [-0.3, -0.25) is 9.59 Å². The van der Waals surface area contributed by atoms with Crippen molar-refractivity contribution in [2.75, 3.05) is 0 Å². The molecule has 40 heavy (non-hydrogen) atoms. The molecule has 8 aliphatic carbocycles. The van der Waals surface area contributed by atoms with E-state index in [1.165, 1.54) is 33.4 Å². The highest BCUT2D eigenvalue weighted by atomic mass is 16.1. The number of carbonyl (C=O) groups is 2. The summed E-state index contributed by atoms with van der Waals surface area (Å²) in [7, 11) is 0. The van der Waals surface area contributed by atoms with Gasteiger partial charge in [-0.25, -0.2) is 0 Å². The Morgan fingerprint density at radius 3 is 1.52 bits per heavy atom. The highest BCUT2D eigenvalue weighted by Crippen LogP contribution is 2.60. The van der Waals surface area contributed by atoms with Crippen molar-refractivity contribution in [3.05, 3.63) is 144 Å². The Balaban J connectivity index is 0.000000132. The van der Waals surface area contributed by atoms with Gasteiger partial charge in [0.25, 0.3) is 0 Å². The molecule has 0 aromatic heterocycles. The fourth-order valence-electron chi connectivity index (χ4n) is 8.76. The first kappa shape index (κ1) is 25.2. The topological polar surface area (TPSA) is 34.1 Å². The van der Waals surface area contributed by atoms with Crippen LogP contribution in [0.15, 0.2) is 121 Å². The minimum absolute atomic E-state index is 0.0640. The summed E-state index contributed by atoms with van der Waals surface area (Å²) in [4.78, 5) is 25.0. The number of ketones is 2. The Labute approximate surface area is 237 Å². The monoisotopic (exact) mass is 524 g/mol. The van der Waals surface area contributed by atoms with Crippen molar-refractivity contribution in [1.82, 2.24) is 0 Å². The number of hydrogen-bond donors (Lipinski definition) is 0. The number of hydrogen-bond acceptors (Lipinski definition) is 2. The van der Waals surface area contributed by atoms with Gasteiger partial charge in [-0.05, 0) is 72.9 Å². The molecule has 0 aliphatic heterocycles. The molecule has 0 amide bonds. The molecule has 2 nitrogen and oxygen atoms in total. The molecule has 0 N–H and O–H groups in total. The van der Waals surface area contributed by atoms with Crippen molar-refractivity contribution in [2.45, 2.75) is 61.2 Å². The molecule has 8 aliphatic rings. The standard InChI is InChI=1S/2C19H18O/c2*1-2-3-7-17-18(20)12-14-11-13-9-10-19(14,17)16-8-5-4-6-15(13)16/h2*2,4-6,8-10,12-13,17H,1,3,7,11H2/t2*13-,17+,19-/m10/s1. The zero-order valence-electron chi connectivity index (χ0n) is 23.0. The average molecular weight is 525 g/mol. The van der Waals surface area contributed by atoms with E-state index in [4.69, 9.17) is 0 Å². The van der Waals surface area contributed by atoms with Crippen molar-refractivity contribution in [3.8, 4) is 0 Å². The molecule has 0 radical (unpaired) electrons. The minimum atomic E-state index is -0.147. The van der Waals surface area contributed by atoms with Crippen molar-refractivity contribution in [3.63, 3.8) is 0 Å². The maximum atomic E-state index is 12.5. The molecule has 2 aromatic rings. The Morgan fingerprint density at radius 1 is 0.675 bits per heavy atom. The van der Waals surface area contributed by atoms with Gasteiger partial charge in [0, 0.05) is 34.5 Å². The second-order valence-electron chi connectivity index (χ2n) is 12.2. The molecule has 2 heteroatoms. The summed E-state index contributed by atoms with van der Waals surface area (Å²) in [6.07, 6.45) is 22.6. The van der Waals surface area contributed by atoms with E-state index in [0.29, 0.717) is 23.4 Å². The molecular formula is C38H36O2. The van der Waals surface area contributed by atoms with Crippen LogP contribution in [0.4, 0.5) is 0 Å². The molecule has 0 fully saturated rings. The predicted octanol–water partition coefficient (Wildman–Crippen LogP) is 8.15. The summed E-state index contributed by atoms with van der Waals surface area (Å²) in [5.74, 6) is 1.67. The summed E-state index contributed by atoms with van der Waals surface area (Å²) in [6, 6.07) is 17.3. The van der Waals surface area contributed by atoms with Crippen LogP contribution >= 0.6 is 0 Å². The van der Waals surface area contributed by atoms with Gasteiger partial charge in [0.2, 0.25) is 0 Å². The smallest absolute Gasteiger partial charge is 0.160 e. The third kappa shape index (κ3) is 3.35. The Morgan fingerprint density at radius 2 is 1.10 bits per heavy atom. The molecule has 10 rings (SSSR count). The maximum Gasteiger partial charge on any atom is 0.160 e. The van der Waals surface area contributed by atoms with Crippen LogP contribution in [-0.4, -0.2) is 11.6 Å². The number of rotatable bonds is 6. The number of allylic oxidation sites excluding steroid dienone is 10. The van der Waals surface area contributed by atoms with Crippen LogP contribution < -0.4 is 0 Å². The van der Waals surface area contributed by atoms with E-state index in [1.807, 2.05) is 24.3 Å². The molecule has 4 bridgehead atoms. The average Bonchev–Trinajstić information content (AvgIpc) is 3.45. The van der Waals surface area contributed by atoms with Crippen molar-refractivity contribution >= 4 is 11.6 Å². The second-order valence-corrected chi connectivity index (χ2v) is 12.2. The van der Waals surface area contributed by atoms with Gasteiger partial charge in [0.1, 0.15) is 0 Å². The first-order valence-corrected chi connectivity index (χ1v) is 14.8. The van der Waals surface area contributed by atoms with Crippen LogP contribution in [-0.2, 0) is 20.4 Å². The lowest BCUT2D eigenvalue weighted by Gasteiger charge is -2.46. The quantitative estimate of drug-likeness (QED) is 0.357. The molecule has 0 saturated carbocycles. The van der Waals surface area contributed by atoms with E-state index in [9.17, 15) is 9.59 Å². The summed E-state index contributed by atoms with van der Waals surface area (Å²) < 4.78 is 0. The van der Waals surface area contributed by atoms with Crippen molar-refractivity contribution in [1.29, 1.82) is 0 Å². The normalized spacial score (nSPS) is 32.8. The largest absolute Gasteiger partial charge is 0.294 e. The number of carbonyl (C=O) groups excluding carboxylic acids is 2. The third-order valence-corrected chi connectivity index (χ3v) is 10.5. The Bertz CT molecular complexity index is 1450. The minimum Gasteiger partial charge on any atom is -0.294 e. The first-order chi connectivity index (χ1) is 19.5. The van der Waals surface area contributed by atoms with Gasteiger partial charge in [-0.1, -0.05) is 96.1 Å². The summed E-state index contributed by atoms with van der Waals surface area (Å²) in [6.45, 7) is 7.61. The summed E-state index contributed by atoms with van der Waals surface area (Å²) in [5.41, 5.74) is 7.95. The SMILES string of the molecule is C=CCC[C@@H]1C(=O)C=C2C[C@@H]3C=C[C@@]21c1ccccc13.C=CCC[C@H]1C(=O)C=C2C[C@H]3C=C[C@]21c1ccccc13. The van der Waals surface area contributed by atoms with Gasteiger partial charge in [-0.2, -0.15) is 0 Å². The Kier molecular flexibility index (Phi) is 5.93. The molecule has 0 saturated heterocycles. The predicted molar refractivity (Wildman–Crippen MR) is 161 cm³/mol. The maximum absolute atomic E-state index is 12.5. The lowest BCUT2D eigenvalue weighted by atomic mass is 9.56. The van der Waals surface area contributed by atoms with Crippen LogP contribution in [0, 0.1) is 11.8 Å². The second kappa shape index (κ2) is 9.41. The van der Waals surface area contributed by atoms with Crippen LogP contribution in [0.1, 0.15) is 72.6 Å². The third-order valence-electron chi connectivity index (χ3n) is 10.5.